The summed E-state index contributed by atoms with van der Waals surface area (Å²) in [6, 6.07) is 67.5. The molecule has 0 N–H and O–H groups in total. The highest BCUT2D eigenvalue weighted by molar-refractivity contribution is 6.16. The molecule has 4 heterocycles. The zero-order chi connectivity index (χ0) is 40.0. The van der Waals surface area contributed by atoms with Crippen molar-refractivity contribution in [2.75, 3.05) is 0 Å². The molecular weight excluding hydrogens is 749 g/mol. The van der Waals surface area contributed by atoms with Gasteiger partial charge in [-0.3, -0.25) is 0 Å². The first-order valence-electron chi connectivity index (χ1n) is 20.4. The van der Waals surface area contributed by atoms with Crippen LogP contribution in [0.4, 0.5) is 0 Å². The Balaban J connectivity index is 1.10. The average molecular weight is 781 g/mol. The third-order valence-electron chi connectivity index (χ3n) is 12.0. The van der Waals surface area contributed by atoms with Crippen molar-refractivity contribution in [3.05, 3.63) is 194 Å². The van der Waals surface area contributed by atoms with Crippen molar-refractivity contribution in [3.8, 4) is 51.0 Å². The van der Waals surface area contributed by atoms with E-state index in [0.29, 0.717) is 17.5 Å². The van der Waals surface area contributed by atoms with E-state index in [2.05, 4.69) is 156 Å². The van der Waals surface area contributed by atoms with E-state index < -0.39 is 0 Å². The minimum Gasteiger partial charge on any atom is -0.456 e. The lowest BCUT2D eigenvalue weighted by Gasteiger charge is -2.13. The minimum absolute atomic E-state index is 0.541. The van der Waals surface area contributed by atoms with Gasteiger partial charge >= 0.3 is 0 Å². The van der Waals surface area contributed by atoms with Crippen LogP contribution in [-0.2, 0) is 0 Å². The van der Waals surface area contributed by atoms with Gasteiger partial charge in [-0.25, -0.2) is 15.0 Å². The number of rotatable bonds is 5. The van der Waals surface area contributed by atoms with Gasteiger partial charge in [0.2, 0.25) is 0 Å². The fraction of sp³-hybridized carbons (Fsp3) is 0. The first-order valence-corrected chi connectivity index (χ1v) is 20.4. The van der Waals surface area contributed by atoms with E-state index >= 15 is 0 Å². The molecule has 0 aliphatic carbocycles. The Labute approximate surface area is 348 Å². The van der Waals surface area contributed by atoms with Crippen molar-refractivity contribution in [2.45, 2.75) is 0 Å². The van der Waals surface area contributed by atoms with Crippen LogP contribution in [0.3, 0.4) is 0 Å². The van der Waals surface area contributed by atoms with E-state index in [1.54, 1.807) is 0 Å². The van der Waals surface area contributed by atoms with Crippen LogP contribution in [-0.4, -0.2) is 19.5 Å². The predicted octanol–water partition coefficient (Wildman–Crippen LogP) is 14.6. The van der Waals surface area contributed by atoms with Gasteiger partial charge in [-0.1, -0.05) is 133 Å². The Kier molecular flexibility index (Phi) is 7.21. The number of hydrogen-bond acceptors (Lipinski definition) is 5. The summed E-state index contributed by atoms with van der Waals surface area (Å²) >= 11 is 0. The molecule has 0 aliphatic rings. The topological polar surface area (TPSA) is 69.9 Å². The summed E-state index contributed by atoms with van der Waals surface area (Å²) in [4.78, 5) is 15.9. The van der Waals surface area contributed by atoms with Crippen molar-refractivity contribution in [3.63, 3.8) is 0 Å². The van der Waals surface area contributed by atoms with Gasteiger partial charge in [-0.2, -0.15) is 0 Å². The van der Waals surface area contributed by atoms with Gasteiger partial charge in [0.1, 0.15) is 22.3 Å². The Morgan fingerprint density at radius 1 is 0.328 bits per heavy atom. The molecular formula is C55H32N4O2. The minimum atomic E-state index is 0.541. The molecule has 13 aromatic rings. The fourth-order valence-corrected chi connectivity index (χ4v) is 9.17. The Hall–Kier alpha value is -8.35. The second-order valence-corrected chi connectivity index (χ2v) is 15.6. The summed E-state index contributed by atoms with van der Waals surface area (Å²) in [6.07, 6.45) is 0. The molecule has 0 bridgehead atoms. The van der Waals surface area contributed by atoms with Crippen molar-refractivity contribution in [1.82, 2.24) is 19.5 Å². The monoisotopic (exact) mass is 780 g/mol. The van der Waals surface area contributed by atoms with Crippen molar-refractivity contribution < 1.29 is 8.83 Å². The van der Waals surface area contributed by atoms with E-state index in [0.717, 1.165) is 88.4 Å². The Morgan fingerprint density at radius 3 is 1.77 bits per heavy atom. The van der Waals surface area contributed by atoms with Crippen LogP contribution in [0.25, 0.3) is 127 Å². The molecule has 0 radical (unpaired) electrons. The molecule has 0 amide bonds. The Bertz CT molecular complexity index is 3900. The standard InChI is InChI=1S/C55H32N4O2/c1-2-13-33(14-3-1)34-17-12-18-37(27-34)53-56-54(38-25-26-42-41-20-7-10-23-48(41)60-50(42)30-38)58-55(57-53)45-31-39(32-51-52(45)43-21-8-11-24-49(43)61-51)59-46-22-9-6-19-40(46)44-28-35-15-4-5-16-36(35)29-47(44)59/h1-32H. The number of benzene rings is 9. The number of hydrogen-bond donors (Lipinski definition) is 0. The molecule has 61 heavy (non-hydrogen) atoms. The summed E-state index contributed by atoms with van der Waals surface area (Å²) in [7, 11) is 0. The molecule has 0 unspecified atom stereocenters. The largest absolute Gasteiger partial charge is 0.456 e. The molecule has 284 valence electrons. The van der Waals surface area contributed by atoms with Crippen LogP contribution in [0.5, 0.6) is 0 Å². The van der Waals surface area contributed by atoms with Crippen molar-refractivity contribution in [1.29, 1.82) is 0 Å². The van der Waals surface area contributed by atoms with Crippen LogP contribution < -0.4 is 0 Å². The van der Waals surface area contributed by atoms with E-state index in [1.807, 2.05) is 42.5 Å². The van der Waals surface area contributed by atoms with E-state index in [4.69, 9.17) is 23.8 Å². The SMILES string of the molecule is c1ccc(-c2cccc(-c3nc(-c4ccc5c(c4)oc4ccccc45)nc(-c4cc(-n5c6ccccc6c6cc7ccccc7cc65)cc5oc6ccccc6c45)n3)c2)cc1. The van der Waals surface area contributed by atoms with Gasteiger partial charge < -0.3 is 13.4 Å². The predicted molar refractivity (Wildman–Crippen MR) is 248 cm³/mol. The van der Waals surface area contributed by atoms with Gasteiger partial charge in [0, 0.05) is 55.1 Å². The molecule has 6 nitrogen and oxygen atoms in total. The van der Waals surface area contributed by atoms with Gasteiger partial charge in [0.25, 0.3) is 0 Å². The first kappa shape index (κ1) is 33.6. The molecule has 13 rings (SSSR count). The number of nitrogens with zero attached hydrogens (tertiary/aromatic N) is 4. The molecule has 0 saturated heterocycles. The van der Waals surface area contributed by atoms with Gasteiger partial charge in [0.05, 0.1) is 16.7 Å². The maximum Gasteiger partial charge on any atom is 0.164 e. The highest BCUT2D eigenvalue weighted by Gasteiger charge is 2.22. The van der Waals surface area contributed by atoms with E-state index in [1.165, 1.54) is 21.5 Å². The zero-order valence-corrected chi connectivity index (χ0v) is 32.6. The van der Waals surface area contributed by atoms with Crippen LogP contribution in [0.2, 0.25) is 0 Å². The second-order valence-electron chi connectivity index (χ2n) is 15.6. The zero-order valence-electron chi connectivity index (χ0n) is 32.6. The van der Waals surface area contributed by atoms with Gasteiger partial charge in [-0.15, -0.1) is 0 Å². The molecule has 4 aromatic heterocycles. The maximum absolute atomic E-state index is 6.72. The van der Waals surface area contributed by atoms with Crippen molar-refractivity contribution >= 4 is 76.5 Å². The quantitative estimate of drug-likeness (QED) is 0.174. The van der Waals surface area contributed by atoms with Crippen LogP contribution in [0.15, 0.2) is 203 Å². The normalized spacial score (nSPS) is 11.9. The lowest BCUT2D eigenvalue weighted by molar-refractivity contribution is 0.668. The molecule has 9 aromatic carbocycles. The van der Waals surface area contributed by atoms with Crippen LogP contribution in [0, 0.1) is 0 Å². The van der Waals surface area contributed by atoms with E-state index in [9.17, 15) is 0 Å². The first-order chi connectivity index (χ1) is 30.2. The number of para-hydroxylation sites is 3. The third-order valence-corrected chi connectivity index (χ3v) is 12.0. The molecule has 6 heteroatoms. The highest BCUT2D eigenvalue weighted by atomic mass is 16.3. The lowest BCUT2D eigenvalue weighted by atomic mass is 10.0. The second kappa shape index (κ2) is 13.1. The summed E-state index contributed by atoms with van der Waals surface area (Å²) < 4.78 is 15.4. The number of furan rings is 2. The van der Waals surface area contributed by atoms with Gasteiger partial charge in [-0.05, 0) is 76.5 Å². The molecule has 0 atom stereocenters. The third kappa shape index (κ3) is 5.32. The van der Waals surface area contributed by atoms with Gasteiger partial charge in [0.15, 0.2) is 17.5 Å². The van der Waals surface area contributed by atoms with Crippen molar-refractivity contribution in [2.24, 2.45) is 0 Å². The molecule has 0 spiro atoms. The molecule has 0 aliphatic heterocycles. The smallest absolute Gasteiger partial charge is 0.164 e. The summed E-state index contributed by atoms with van der Waals surface area (Å²) in [5, 5.41) is 8.79. The van der Waals surface area contributed by atoms with E-state index in [-0.39, 0.29) is 0 Å². The molecule has 0 saturated carbocycles. The fourth-order valence-electron chi connectivity index (χ4n) is 9.17. The number of aromatic nitrogens is 4. The Morgan fingerprint density at radius 2 is 0.934 bits per heavy atom. The lowest BCUT2D eigenvalue weighted by Crippen LogP contribution is -2.02. The van der Waals surface area contributed by atoms with Crippen LogP contribution in [0.1, 0.15) is 0 Å². The number of fused-ring (bicyclic) bond motifs is 10. The average Bonchev–Trinajstić information content (AvgIpc) is 3.99. The highest BCUT2D eigenvalue weighted by Crippen LogP contribution is 2.42. The summed E-state index contributed by atoms with van der Waals surface area (Å²) in [5.74, 6) is 1.65. The summed E-state index contributed by atoms with van der Waals surface area (Å²) in [6.45, 7) is 0. The van der Waals surface area contributed by atoms with Crippen LogP contribution >= 0.6 is 0 Å². The summed E-state index contributed by atoms with van der Waals surface area (Å²) in [5.41, 5.74) is 11.1. The maximum atomic E-state index is 6.72. The molecule has 0 fully saturated rings.